The second-order valence-electron chi connectivity index (χ2n) is 5.52. The first kappa shape index (κ1) is 20.2. The van der Waals surface area contributed by atoms with Gasteiger partial charge in [0.15, 0.2) is 5.90 Å². The maximum atomic E-state index is 12.8. The molecule has 2 N–H and O–H groups in total. The monoisotopic (exact) mass is 336 g/mol. The highest BCUT2D eigenvalue weighted by Crippen LogP contribution is 2.14. The Hall–Kier alpha value is -0.840. The molecule has 0 aliphatic carbocycles. The zero-order valence-electron chi connectivity index (χ0n) is 12.9. The Balaban J connectivity index is 4.76. The molecule has 0 saturated carbocycles. The van der Waals surface area contributed by atoms with Crippen LogP contribution in [0.2, 0.25) is 0 Å². The van der Waals surface area contributed by atoms with Gasteiger partial charge in [0.1, 0.15) is 11.4 Å². The summed E-state index contributed by atoms with van der Waals surface area (Å²) in [6, 6.07) is 0. The average molecular weight is 337 g/mol. The lowest BCUT2D eigenvalue weighted by molar-refractivity contribution is 0.111. The summed E-state index contributed by atoms with van der Waals surface area (Å²) >= 11 is 11.4. The molecular weight excluding hydrogens is 314 g/mol. The molecule has 0 heterocycles. The van der Waals surface area contributed by atoms with Crippen LogP contribution in [0.3, 0.4) is 0 Å². The van der Waals surface area contributed by atoms with Gasteiger partial charge >= 0.3 is 0 Å². The minimum atomic E-state index is -0.568. The summed E-state index contributed by atoms with van der Waals surface area (Å²) in [5.74, 6) is 0.0111. The second kappa shape index (κ2) is 9.23. The molecule has 3 nitrogen and oxygen atoms in total. The van der Waals surface area contributed by atoms with Gasteiger partial charge < -0.3 is 10.5 Å². The lowest BCUT2D eigenvalue weighted by Gasteiger charge is -2.23. The molecule has 21 heavy (non-hydrogen) atoms. The molecule has 0 spiro atoms. The fourth-order valence-electron chi connectivity index (χ4n) is 1.21. The van der Waals surface area contributed by atoms with Crippen LogP contribution in [-0.2, 0) is 4.74 Å². The van der Waals surface area contributed by atoms with Gasteiger partial charge in [-0.3, -0.25) is 4.99 Å². The maximum Gasteiger partial charge on any atom is 0.186 e. The molecule has 0 fully saturated rings. The van der Waals surface area contributed by atoms with Crippen LogP contribution < -0.4 is 5.73 Å². The molecule has 0 aliphatic heterocycles. The summed E-state index contributed by atoms with van der Waals surface area (Å²) in [6.45, 7) is 11.1. The zero-order valence-corrected chi connectivity index (χ0v) is 14.4. The van der Waals surface area contributed by atoms with E-state index < -0.39 is 11.3 Å². The Labute approximate surface area is 136 Å². The van der Waals surface area contributed by atoms with Gasteiger partial charge in [-0.2, -0.15) is 0 Å². The number of hydrogen-bond acceptors (Lipinski definition) is 3. The standard InChI is InChI=1S/C15H23Cl2FN2O/c1-10(6-7-12(16)11(2)18)9-20-14(8-13(17)19)21-15(3,4)5/h6-7,13H,1,8-9,19H2,2-5H3/b7-6-,12-11-,20-14+. The Morgan fingerprint density at radius 2 is 2.00 bits per heavy atom. The topological polar surface area (TPSA) is 47.6 Å². The molecule has 0 aromatic carbocycles. The van der Waals surface area contributed by atoms with E-state index in [0.29, 0.717) is 24.4 Å². The number of hydrogen-bond donors (Lipinski definition) is 1. The number of rotatable bonds is 6. The van der Waals surface area contributed by atoms with Gasteiger partial charge in [-0.25, -0.2) is 4.39 Å². The molecule has 6 heteroatoms. The maximum absolute atomic E-state index is 12.8. The van der Waals surface area contributed by atoms with Crippen LogP contribution >= 0.6 is 23.2 Å². The minimum absolute atomic E-state index is 0.0362. The molecule has 1 atom stereocenters. The summed E-state index contributed by atoms with van der Waals surface area (Å²) in [7, 11) is 0. The Morgan fingerprint density at radius 1 is 1.43 bits per heavy atom. The van der Waals surface area contributed by atoms with Crippen molar-refractivity contribution in [3.63, 3.8) is 0 Å². The van der Waals surface area contributed by atoms with Crippen molar-refractivity contribution >= 4 is 29.1 Å². The molecule has 0 radical (unpaired) electrons. The Bertz CT molecular complexity index is 445. The highest BCUT2D eigenvalue weighted by Gasteiger charge is 2.16. The normalized spacial score (nSPS) is 15.9. The van der Waals surface area contributed by atoms with Gasteiger partial charge in [-0.15, -0.1) is 11.6 Å². The average Bonchev–Trinajstić information content (AvgIpc) is 2.30. The molecule has 0 aliphatic rings. The van der Waals surface area contributed by atoms with Crippen molar-refractivity contribution in [2.45, 2.75) is 45.2 Å². The summed E-state index contributed by atoms with van der Waals surface area (Å²) in [6.07, 6.45) is 3.36. The van der Waals surface area contributed by atoms with Gasteiger partial charge in [0.2, 0.25) is 0 Å². The summed E-state index contributed by atoms with van der Waals surface area (Å²) in [5, 5.41) is 0.0362. The van der Waals surface area contributed by atoms with Crippen molar-refractivity contribution in [3.8, 4) is 0 Å². The molecule has 0 rings (SSSR count). The predicted octanol–water partition coefficient (Wildman–Crippen LogP) is 4.67. The van der Waals surface area contributed by atoms with E-state index >= 15 is 0 Å². The molecule has 0 bridgehead atoms. The lowest BCUT2D eigenvalue weighted by Crippen LogP contribution is -2.28. The van der Waals surface area contributed by atoms with Crippen LogP contribution in [0.1, 0.15) is 34.1 Å². The van der Waals surface area contributed by atoms with E-state index in [1.165, 1.54) is 13.0 Å². The van der Waals surface area contributed by atoms with Crippen molar-refractivity contribution in [1.29, 1.82) is 0 Å². The van der Waals surface area contributed by atoms with Crippen molar-refractivity contribution in [1.82, 2.24) is 0 Å². The van der Waals surface area contributed by atoms with E-state index in [-0.39, 0.29) is 10.6 Å². The second-order valence-corrected chi connectivity index (χ2v) is 6.49. The van der Waals surface area contributed by atoms with Gasteiger partial charge in [0.25, 0.3) is 0 Å². The van der Waals surface area contributed by atoms with Crippen LogP contribution in [0.25, 0.3) is 0 Å². The first-order valence-electron chi connectivity index (χ1n) is 6.51. The first-order valence-corrected chi connectivity index (χ1v) is 7.32. The van der Waals surface area contributed by atoms with Crippen LogP contribution in [0.15, 0.2) is 40.2 Å². The highest BCUT2D eigenvalue weighted by molar-refractivity contribution is 6.31. The number of nitrogens with two attached hydrogens (primary N) is 1. The fourth-order valence-corrected chi connectivity index (χ4v) is 1.40. The van der Waals surface area contributed by atoms with E-state index in [0.717, 1.165) is 0 Å². The largest absolute Gasteiger partial charge is 0.475 e. The number of aliphatic imine (C=N–C) groups is 1. The number of halogens is 3. The predicted molar refractivity (Wildman–Crippen MR) is 89.5 cm³/mol. The van der Waals surface area contributed by atoms with E-state index in [9.17, 15) is 4.39 Å². The van der Waals surface area contributed by atoms with Crippen molar-refractivity contribution < 1.29 is 9.13 Å². The molecule has 0 aromatic heterocycles. The van der Waals surface area contributed by atoms with Gasteiger partial charge in [-0.05, 0) is 39.3 Å². The lowest BCUT2D eigenvalue weighted by atomic mass is 10.2. The molecule has 0 aromatic rings. The van der Waals surface area contributed by atoms with Crippen LogP contribution in [-0.4, -0.2) is 23.5 Å². The SMILES string of the molecule is C=C(/C=C\C(Cl)=C(/C)F)C/N=C(\CC(N)Cl)OC(C)(C)C. The number of ether oxygens (including phenoxy) is 1. The van der Waals surface area contributed by atoms with Crippen LogP contribution in [0.4, 0.5) is 4.39 Å². The molecule has 120 valence electrons. The highest BCUT2D eigenvalue weighted by atomic mass is 35.5. The third kappa shape index (κ3) is 11.5. The van der Waals surface area contributed by atoms with Crippen molar-refractivity contribution in [2.24, 2.45) is 10.7 Å². The smallest absolute Gasteiger partial charge is 0.186 e. The Morgan fingerprint density at radius 3 is 2.43 bits per heavy atom. The number of nitrogens with zero attached hydrogens (tertiary/aromatic N) is 1. The van der Waals surface area contributed by atoms with Crippen molar-refractivity contribution in [3.05, 3.63) is 35.2 Å². The summed E-state index contributed by atoms with van der Waals surface area (Å²) < 4.78 is 18.5. The molecular formula is C15H23Cl2FN2O. The van der Waals surface area contributed by atoms with E-state index in [4.69, 9.17) is 33.7 Å². The van der Waals surface area contributed by atoms with Crippen LogP contribution in [0.5, 0.6) is 0 Å². The first-order chi connectivity index (χ1) is 9.51. The zero-order chi connectivity index (χ0) is 16.6. The van der Waals surface area contributed by atoms with Crippen LogP contribution in [0, 0.1) is 0 Å². The minimum Gasteiger partial charge on any atom is -0.475 e. The number of alkyl halides is 1. The molecule has 0 amide bonds. The van der Waals surface area contributed by atoms with E-state index in [1.807, 2.05) is 20.8 Å². The third-order valence-electron chi connectivity index (χ3n) is 2.05. The quantitative estimate of drug-likeness (QED) is 0.252. The molecule has 1 unspecified atom stereocenters. The fraction of sp³-hybridized carbons (Fsp3) is 0.533. The summed E-state index contributed by atoms with van der Waals surface area (Å²) in [4.78, 5) is 4.30. The van der Waals surface area contributed by atoms with Crippen molar-refractivity contribution in [2.75, 3.05) is 6.54 Å². The van der Waals surface area contributed by atoms with Gasteiger partial charge in [-0.1, -0.05) is 24.3 Å². The Kier molecular flexibility index (Phi) is 8.86. The van der Waals surface area contributed by atoms with Gasteiger partial charge in [0.05, 0.1) is 23.5 Å². The number of allylic oxidation sites excluding steroid dienone is 3. The third-order valence-corrected chi connectivity index (χ3v) is 2.59. The summed E-state index contributed by atoms with van der Waals surface area (Å²) in [5.41, 5.74) is 5.26. The molecule has 0 saturated heterocycles. The van der Waals surface area contributed by atoms with E-state index in [1.54, 1.807) is 6.08 Å². The van der Waals surface area contributed by atoms with E-state index in [2.05, 4.69) is 11.6 Å². The van der Waals surface area contributed by atoms with Gasteiger partial charge in [0, 0.05) is 0 Å².